The zero-order valence-corrected chi connectivity index (χ0v) is 12.6. The number of piperidine rings is 1. The van der Waals surface area contributed by atoms with Crippen LogP contribution in [0.25, 0.3) is 0 Å². The molecule has 5 heteroatoms. The molecule has 1 aliphatic rings. The summed E-state index contributed by atoms with van der Waals surface area (Å²) in [5.41, 5.74) is 0. The molecule has 1 aromatic carbocycles. The highest BCUT2D eigenvalue weighted by Gasteiger charge is 2.20. The molecule has 1 saturated heterocycles. The molecule has 1 aliphatic heterocycles. The lowest BCUT2D eigenvalue weighted by Crippen LogP contribution is -2.47. The molecule has 1 heterocycles. The highest BCUT2D eigenvalue weighted by molar-refractivity contribution is 8.00. The summed E-state index contributed by atoms with van der Waals surface area (Å²) in [6.45, 7) is 3.84. The number of benzene rings is 1. The van der Waals surface area contributed by atoms with Crippen molar-refractivity contribution in [3.63, 3.8) is 0 Å². The largest absolute Gasteiger partial charge is 0.351 e. The standard InChI is InChI=1S/C14H19ClN2OS/c1-10(19-13-7-3-2-6-12(13)15)14(18)17-11-5-4-8-16-9-11/h2-3,6-7,10-11,16H,4-5,8-9H2,1H3,(H,17,18). The molecule has 104 valence electrons. The minimum absolute atomic E-state index is 0.0821. The van der Waals surface area contributed by atoms with Gasteiger partial charge in [0.15, 0.2) is 0 Å². The Morgan fingerprint density at radius 3 is 3.00 bits per heavy atom. The number of nitrogens with one attached hydrogen (secondary N) is 2. The van der Waals surface area contributed by atoms with Gasteiger partial charge in [0.2, 0.25) is 5.91 Å². The number of carbonyl (C=O) groups excluding carboxylic acids is 1. The van der Waals surface area contributed by atoms with Crippen molar-refractivity contribution in [3.8, 4) is 0 Å². The molecular formula is C14H19ClN2OS. The molecule has 19 heavy (non-hydrogen) atoms. The first-order valence-electron chi connectivity index (χ1n) is 6.59. The van der Waals surface area contributed by atoms with E-state index in [0.29, 0.717) is 5.02 Å². The Bertz CT molecular complexity index is 435. The van der Waals surface area contributed by atoms with Crippen LogP contribution in [0.2, 0.25) is 5.02 Å². The number of amides is 1. The van der Waals surface area contributed by atoms with Gasteiger partial charge in [-0.05, 0) is 38.4 Å². The molecule has 1 amide bonds. The summed E-state index contributed by atoms with van der Waals surface area (Å²) >= 11 is 7.60. The smallest absolute Gasteiger partial charge is 0.233 e. The Labute approximate surface area is 123 Å². The Morgan fingerprint density at radius 2 is 2.32 bits per heavy atom. The average molecular weight is 299 g/mol. The number of halogens is 1. The van der Waals surface area contributed by atoms with E-state index in [1.807, 2.05) is 31.2 Å². The summed E-state index contributed by atoms with van der Waals surface area (Å²) in [6.07, 6.45) is 2.18. The molecule has 0 radical (unpaired) electrons. The van der Waals surface area contributed by atoms with Gasteiger partial charge < -0.3 is 10.6 Å². The van der Waals surface area contributed by atoms with Crippen LogP contribution in [0.5, 0.6) is 0 Å². The Morgan fingerprint density at radius 1 is 1.53 bits per heavy atom. The summed E-state index contributed by atoms with van der Waals surface area (Å²) in [5.74, 6) is 0.0821. The Hall–Kier alpha value is -0.710. The number of carbonyl (C=O) groups is 1. The lowest BCUT2D eigenvalue weighted by molar-refractivity contribution is -0.121. The van der Waals surface area contributed by atoms with Gasteiger partial charge >= 0.3 is 0 Å². The highest BCUT2D eigenvalue weighted by Crippen LogP contribution is 2.30. The van der Waals surface area contributed by atoms with Crippen LogP contribution in [0.4, 0.5) is 0 Å². The van der Waals surface area contributed by atoms with Crippen LogP contribution in [0.3, 0.4) is 0 Å². The molecule has 2 N–H and O–H groups in total. The van der Waals surface area contributed by atoms with E-state index < -0.39 is 0 Å². The van der Waals surface area contributed by atoms with Crippen LogP contribution in [-0.4, -0.2) is 30.3 Å². The molecule has 1 fully saturated rings. The van der Waals surface area contributed by atoms with Gasteiger partial charge in [-0.25, -0.2) is 0 Å². The van der Waals surface area contributed by atoms with E-state index in [-0.39, 0.29) is 17.2 Å². The fraction of sp³-hybridized carbons (Fsp3) is 0.500. The minimum Gasteiger partial charge on any atom is -0.351 e. The average Bonchev–Trinajstić information content (AvgIpc) is 2.42. The second-order valence-corrected chi connectivity index (χ2v) is 6.53. The van der Waals surface area contributed by atoms with Gasteiger partial charge in [0, 0.05) is 17.5 Å². The lowest BCUT2D eigenvalue weighted by Gasteiger charge is -2.25. The number of hydrogen-bond donors (Lipinski definition) is 2. The summed E-state index contributed by atoms with van der Waals surface area (Å²) in [6, 6.07) is 7.88. The van der Waals surface area contributed by atoms with Gasteiger partial charge in [-0.15, -0.1) is 11.8 Å². The predicted octanol–water partition coefficient (Wildman–Crippen LogP) is 2.69. The first kappa shape index (κ1) is 14.7. The maximum absolute atomic E-state index is 12.1. The third-order valence-corrected chi connectivity index (χ3v) is 4.77. The van der Waals surface area contributed by atoms with Crippen molar-refractivity contribution < 1.29 is 4.79 Å². The van der Waals surface area contributed by atoms with Gasteiger partial charge in [0.05, 0.1) is 10.3 Å². The normalized spacial score (nSPS) is 20.8. The molecule has 1 aromatic rings. The summed E-state index contributed by atoms with van der Waals surface area (Å²) < 4.78 is 0. The molecule has 2 atom stereocenters. The highest BCUT2D eigenvalue weighted by atomic mass is 35.5. The zero-order valence-electron chi connectivity index (χ0n) is 11.0. The quantitative estimate of drug-likeness (QED) is 0.840. The van der Waals surface area contributed by atoms with E-state index in [4.69, 9.17) is 11.6 Å². The first-order chi connectivity index (χ1) is 9.16. The van der Waals surface area contributed by atoms with E-state index in [1.54, 1.807) is 0 Å². The van der Waals surface area contributed by atoms with E-state index in [1.165, 1.54) is 11.8 Å². The Balaban J connectivity index is 1.87. The fourth-order valence-electron chi connectivity index (χ4n) is 2.08. The van der Waals surface area contributed by atoms with Gasteiger partial charge in [0.25, 0.3) is 0 Å². The van der Waals surface area contributed by atoms with E-state index in [2.05, 4.69) is 10.6 Å². The third-order valence-electron chi connectivity index (χ3n) is 3.15. The van der Waals surface area contributed by atoms with E-state index in [0.717, 1.165) is 30.8 Å². The van der Waals surface area contributed by atoms with Crippen molar-refractivity contribution >= 4 is 29.3 Å². The first-order valence-corrected chi connectivity index (χ1v) is 7.85. The van der Waals surface area contributed by atoms with Crippen molar-refractivity contribution in [2.75, 3.05) is 13.1 Å². The molecule has 0 saturated carbocycles. The molecule has 3 nitrogen and oxygen atoms in total. The molecule has 0 spiro atoms. The van der Waals surface area contributed by atoms with Crippen molar-refractivity contribution in [2.45, 2.75) is 36.0 Å². The van der Waals surface area contributed by atoms with Crippen molar-refractivity contribution in [1.82, 2.24) is 10.6 Å². The van der Waals surface area contributed by atoms with Gasteiger partial charge in [0.1, 0.15) is 0 Å². The maximum Gasteiger partial charge on any atom is 0.233 e. The van der Waals surface area contributed by atoms with Crippen molar-refractivity contribution in [2.24, 2.45) is 0 Å². The summed E-state index contributed by atoms with van der Waals surface area (Å²) in [4.78, 5) is 13.1. The maximum atomic E-state index is 12.1. The SMILES string of the molecule is CC(Sc1ccccc1Cl)C(=O)NC1CCCNC1. The zero-order chi connectivity index (χ0) is 13.7. The summed E-state index contributed by atoms with van der Waals surface area (Å²) in [5, 5.41) is 6.95. The number of rotatable bonds is 4. The number of thioether (sulfide) groups is 1. The summed E-state index contributed by atoms with van der Waals surface area (Å²) in [7, 11) is 0. The molecular weight excluding hydrogens is 280 g/mol. The van der Waals surface area contributed by atoms with E-state index in [9.17, 15) is 4.79 Å². The van der Waals surface area contributed by atoms with E-state index >= 15 is 0 Å². The third kappa shape index (κ3) is 4.41. The fourth-order valence-corrected chi connectivity index (χ4v) is 3.24. The minimum atomic E-state index is -0.137. The van der Waals surface area contributed by atoms with Crippen LogP contribution in [-0.2, 0) is 4.79 Å². The molecule has 2 unspecified atom stereocenters. The van der Waals surface area contributed by atoms with Crippen molar-refractivity contribution in [3.05, 3.63) is 29.3 Å². The van der Waals surface area contributed by atoms with Crippen molar-refractivity contribution in [1.29, 1.82) is 0 Å². The van der Waals surface area contributed by atoms with Crippen LogP contribution in [0, 0.1) is 0 Å². The molecule has 0 aliphatic carbocycles. The monoisotopic (exact) mass is 298 g/mol. The van der Waals surface area contributed by atoms with Crippen LogP contribution < -0.4 is 10.6 Å². The second kappa shape index (κ2) is 7.17. The lowest BCUT2D eigenvalue weighted by atomic mass is 10.1. The molecule has 2 rings (SSSR count). The van der Waals surface area contributed by atoms with Gasteiger partial charge in [-0.1, -0.05) is 23.7 Å². The second-order valence-electron chi connectivity index (χ2n) is 4.74. The Kier molecular flexibility index (Phi) is 5.55. The molecule has 0 aromatic heterocycles. The topological polar surface area (TPSA) is 41.1 Å². The molecule has 0 bridgehead atoms. The van der Waals surface area contributed by atoms with Gasteiger partial charge in [-0.3, -0.25) is 4.79 Å². The van der Waals surface area contributed by atoms with Gasteiger partial charge in [-0.2, -0.15) is 0 Å². The van der Waals surface area contributed by atoms with Crippen LogP contribution in [0.15, 0.2) is 29.2 Å². The van der Waals surface area contributed by atoms with Crippen LogP contribution in [0.1, 0.15) is 19.8 Å². The van der Waals surface area contributed by atoms with Crippen LogP contribution >= 0.6 is 23.4 Å². The number of hydrogen-bond acceptors (Lipinski definition) is 3. The predicted molar refractivity (Wildman–Crippen MR) is 80.8 cm³/mol.